The second kappa shape index (κ2) is 13.5. The van der Waals surface area contributed by atoms with E-state index in [1.54, 1.807) is 20.8 Å². The van der Waals surface area contributed by atoms with E-state index in [2.05, 4.69) is 5.32 Å². The van der Waals surface area contributed by atoms with Crippen molar-refractivity contribution in [3.8, 4) is 0 Å². The van der Waals surface area contributed by atoms with Crippen LogP contribution in [0, 0.1) is 17.8 Å². The molecule has 0 aliphatic heterocycles. The lowest BCUT2D eigenvalue weighted by atomic mass is 9.86. The number of hydrogen-bond acceptors (Lipinski definition) is 6. The van der Waals surface area contributed by atoms with Crippen LogP contribution in [0.15, 0.2) is 0 Å². The van der Waals surface area contributed by atoms with E-state index < -0.39 is 31.9 Å². The second-order valence-corrected chi connectivity index (χ2v) is 11.7. The molecule has 7 nitrogen and oxygen atoms in total. The maximum absolute atomic E-state index is 12.9. The number of ether oxygens (including phenoxy) is 2. The number of methoxy groups -OCH3 is 1. The largest absolute Gasteiger partial charge is 0.511 e. The molecule has 2 saturated carbocycles. The minimum atomic E-state index is -2.13. The summed E-state index contributed by atoms with van der Waals surface area (Å²) in [7, 11) is -0.763. The fourth-order valence-corrected chi connectivity index (χ4v) is 6.04. The van der Waals surface area contributed by atoms with Gasteiger partial charge in [-0.2, -0.15) is 0 Å². The van der Waals surface area contributed by atoms with Gasteiger partial charge in [-0.1, -0.05) is 57.8 Å². The molecule has 0 bridgehead atoms. The Labute approximate surface area is 194 Å². The Kier molecular flexibility index (Phi) is 11.4. The highest BCUT2D eigenvalue weighted by Crippen LogP contribution is 2.36. The number of hydrogen-bond donors (Lipinski definition) is 1. The summed E-state index contributed by atoms with van der Waals surface area (Å²) >= 11 is 0. The third-order valence-electron chi connectivity index (χ3n) is 6.50. The van der Waals surface area contributed by atoms with E-state index in [-0.39, 0.29) is 12.1 Å². The zero-order valence-corrected chi connectivity index (χ0v) is 21.3. The predicted molar refractivity (Wildman–Crippen MR) is 125 cm³/mol. The number of esters is 1. The number of alkyl carbamates (subject to hydrolysis) is 1. The van der Waals surface area contributed by atoms with Crippen LogP contribution < -0.4 is 5.32 Å². The third-order valence-corrected chi connectivity index (χ3v) is 7.73. The molecule has 8 heteroatoms. The highest BCUT2D eigenvalue weighted by Gasteiger charge is 2.36. The summed E-state index contributed by atoms with van der Waals surface area (Å²) in [5.41, 5.74) is -0.627. The van der Waals surface area contributed by atoms with Crippen molar-refractivity contribution in [3.05, 3.63) is 0 Å². The zero-order valence-electron chi connectivity index (χ0n) is 20.4. The highest BCUT2D eigenvalue weighted by molar-refractivity contribution is 7.39. The van der Waals surface area contributed by atoms with Gasteiger partial charge in [0.2, 0.25) is 0 Å². The molecule has 2 rings (SSSR count). The molecule has 0 aromatic rings. The molecular weight excluding hydrogens is 429 g/mol. The summed E-state index contributed by atoms with van der Waals surface area (Å²) < 4.78 is 29.1. The van der Waals surface area contributed by atoms with Gasteiger partial charge in [0.25, 0.3) is 0 Å². The highest BCUT2D eigenvalue weighted by atomic mass is 31.1. The quantitative estimate of drug-likeness (QED) is 0.215. The Hall–Kier alpha value is -1.20. The van der Waals surface area contributed by atoms with Gasteiger partial charge in [0.15, 0.2) is 12.4 Å². The minimum absolute atomic E-state index is 0.117. The van der Waals surface area contributed by atoms with Gasteiger partial charge in [-0.3, -0.25) is 10.1 Å². The van der Waals surface area contributed by atoms with Gasteiger partial charge in [-0.05, 0) is 50.0 Å². The lowest BCUT2D eigenvalue weighted by Gasteiger charge is -2.26. The normalized spacial score (nSPS) is 20.4. The SMILES string of the molecule is COC(=O)C(CCC1CCCC1)C[P+](=O)OC(CC1CCCCC1)NC(=O)OC(C)(C)C. The van der Waals surface area contributed by atoms with Crippen LogP contribution in [0.3, 0.4) is 0 Å². The Bertz CT molecular complexity index is 608. The van der Waals surface area contributed by atoms with Crippen molar-refractivity contribution in [3.63, 3.8) is 0 Å². The zero-order chi connectivity index (χ0) is 23.6. The maximum Gasteiger partial charge on any atom is 0.511 e. The topological polar surface area (TPSA) is 90.9 Å². The number of carbonyl (C=O) groups is 2. The van der Waals surface area contributed by atoms with Gasteiger partial charge in [-0.15, -0.1) is 4.52 Å². The van der Waals surface area contributed by atoms with E-state index in [1.165, 1.54) is 52.1 Å². The molecule has 2 fully saturated rings. The van der Waals surface area contributed by atoms with Crippen molar-refractivity contribution in [2.45, 2.75) is 110 Å². The van der Waals surface area contributed by atoms with E-state index >= 15 is 0 Å². The van der Waals surface area contributed by atoms with Crippen LogP contribution in [-0.4, -0.2) is 37.2 Å². The van der Waals surface area contributed by atoms with Gasteiger partial charge in [-0.25, -0.2) is 4.79 Å². The molecule has 32 heavy (non-hydrogen) atoms. The fourth-order valence-electron chi connectivity index (χ4n) is 4.84. The molecule has 1 N–H and O–H groups in total. The number of carbonyl (C=O) groups excluding carboxylic acids is 2. The first-order valence-corrected chi connectivity index (χ1v) is 13.7. The van der Waals surface area contributed by atoms with Crippen LogP contribution in [0.2, 0.25) is 0 Å². The van der Waals surface area contributed by atoms with Crippen molar-refractivity contribution in [2.24, 2.45) is 17.8 Å². The third kappa shape index (κ3) is 10.6. The summed E-state index contributed by atoms with van der Waals surface area (Å²) in [4.78, 5) is 24.6. The van der Waals surface area contributed by atoms with E-state index in [1.807, 2.05) is 0 Å². The Balaban J connectivity index is 1.94. The van der Waals surface area contributed by atoms with Crippen LogP contribution >= 0.6 is 8.03 Å². The minimum Gasteiger partial charge on any atom is -0.469 e. The molecule has 2 aliphatic carbocycles. The lowest BCUT2D eigenvalue weighted by Crippen LogP contribution is -2.41. The van der Waals surface area contributed by atoms with Gasteiger partial charge in [0.1, 0.15) is 11.5 Å². The van der Waals surface area contributed by atoms with Crippen LogP contribution in [0.25, 0.3) is 0 Å². The first-order chi connectivity index (χ1) is 15.2. The predicted octanol–water partition coefficient (Wildman–Crippen LogP) is 6.33. The number of nitrogens with one attached hydrogen (secondary N) is 1. The first-order valence-electron chi connectivity index (χ1n) is 12.3. The fraction of sp³-hybridized carbons (Fsp3) is 0.917. The van der Waals surface area contributed by atoms with Crippen molar-refractivity contribution >= 4 is 20.1 Å². The number of rotatable bonds is 11. The average molecular weight is 473 g/mol. The molecule has 0 radical (unpaired) electrons. The van der Waals surface area contributed by atoms with Crippen LogP contribution in [-0.2, 0) is 23.4 Å². The molecule has 0 heterocycles. The monoisotopic (exact) mass is 472 g/mol. The van der Waals surface area contributed by atoms with Crippen molar-refractivity contribution in [2.75, 3.05) is 13.3 Å². The molecule has 1 amide bonds. The first kappa shape index (κ1) is 27.0. The average Bonchev–Trinajstić information content (AvgIpc) is 3.23. The Morgan fingerprint density at radius 1 is 1.00 bits per heavy atom. The van der Waals surface area contributed by atoms with Gasteiger partial charge in [0.05, 0.1) is 7.11 Å². The van der Waals surface area contributed by atoms with Gasteiger partial charge >= 0.3 is 20.1 Å². The molecular formula is C24H43NO6P+. The van der Waals surface area contributed by atoms with Crippen molar-refractivity contribution in [1.29, 1.82) is 0 Å². The summed E-state index contributed by atoms with van der Waals surface area (Å²) in [6, 6.07) is 0. The second-order valence-electron chi connectivity index (χ2n) is 10.4. The van der Waals surface area contributed by atoms with Gasteiger partial charge < -0.3 is 9.47 Å². The molecule has 184 valence electrons. The lowest BCUT2D eigenvalue weighted by molar-refractivity contribution is -0.145. The van der Waals surface area contributed by atoms with Crippen LogP contribution in [0.5, 0.6) is 0 Å². The van der Waals surface area contributed by atoms with E-state index in [0.29, 0.717) is 24.7 Å². The molecule has 0 aromatic heterocycles. The van der Waals surface area contributed by atoms with E-state index in [9.17, 15) is 14.2 Å². The van der Waals surface area contributed by atoms with E-state index in [4.69, 9.17) is 14.0 Å². The maximum atomic E-state index is 12.9. The Morgan fingerprint density at radius 3 is 2.19 bits per heavy atom. The summed E-state index contributed by atoms with van der Waals surface area (Å²) in [5.74, 6) is 0.291. The molecule has 0 aromatic carbocycles. The molecule has 2 aliphatic rings. The standard InChI is InChI=1S/C24H42NO6P/c1-24(2,3)30-23(27)25-21(16-19-12-6-5-7-13-19)31-32(28)17-20(22(26)29-4)15-14-18-10-8-9-11-18/h18-21H,5-17H2,1-4H3/p+1. The van der Waals surface area contributed by atoms with E-state index in [0.717, 1.165) is 19.3 Å². The summed E-state index contributed by atoms with van der Waals surface area (Å²) in [5, 5.41) is 2.76. The summed E-state index contributed by atoms with van der Waals surface area (Å²) in [6.45, 7) is 5.40. The van der Waals surface area contributed by atoms with Crippen molar-refractivity contribution in [1.82, 2.24) is 5.32 Å². The van der Waals surface area contributed by atoms with Crippen LogP contribution in [0.4, 0.5) is 4.79 Å². The molecule has 3 atom stereocenters. The molecule has 0 saturated heterocycles. The molecule has 0 spiro atoms. The smallest absolute Gasteiger partial charge is 0.469 e. The summed E-state index contributed by atoms with van der Waals surface area (Å²) in [6.07, 6.45) is 11.7. The Morgan fingerprint density at radius 2 is 1.59 bits per heavy atom. The van der Waals surface area contributed by atoms with Crippen LogP contribution in [0.1, 0.15) is 97.8 Å². The van der Waals surface area contributed by atoms with Crippen molar-refractivity contribution < 1.29 is 28.2 Å². The molecule has 3 unspecified atom stereocenters. The van der Waals surface area contributed by atoms with Gasteiger partial charge in [0, 0.05) is 6.42 Å². The number of amides is 1.